The Kier molecular flexibility index (Phi) is 4.80. The van der Waals surface area contributed by atoms with Crippen LogP contribution in [0.15, 0.2) is 47.2 Å². The second kappa shape index (κ2) is 7.39. The Morgan fingerprint density at radius 1 is 1.33 bits per heavy atom. The summed E-state index contributed by atoms with van der Waals surface area (Å²) in [4.78, 5) is 4.16. The highest BCUT2D eigenvalue weighted by Gasteiger charge is 2.34. The molecule has 0 spiro atoms. The second-order valence-electron chi connectivity index (χ2n) is 6.90. The molecule has 2 aromatic heterocycles. The van der Waals surface area contributed by atoms with Crippen LogP contribution in [-0.2, 0) is 6.54 Å². The Hall–Kier alpha value is -2.88. The number of nitrogens with zero attached hydrogens (tertiary/aromatic N) is 3. The molecule has 2 N–H and O–H groups in total. The highest BCUT2D eigenvalue weighted by Crippen LogP contribution is 2.37. The molecule has 1 aliphatic carbocycles. The van der Waals surface area contributed by atoms with Gasteiger partial charge in [-0.15, -0.1) is 0 Å². The lowest BCUT2D eigenvalue weighted by Crippen LogP contribution is -2.07. The third-order valence-electron chi connectivity index (χ3n) is 4.74. The van der Waals surface area contributed by atoms with Gasteiger partial charge in [0.25, 0.3) is 0 Å². The molecule has 2 heterocycles. The lowest BCUT2D eigenvalue weighted by atomic mass is 10.1. The van der Waals surface area contributed by atoms with Gasteiger partial charge in [-0.2, -0.15) is 0 Å². The minimum atomic E-state index is -0.636. The number of hydrogen-bond acceptors (Lipinski definition) is 5. The van der Waals surface area contributed by atoms with Gasteiger partial charge in [0, 0.05) is 42.1 Å². The van der Waals surface area contributed by atoms with E-state index in [0.29, 0.717) is 30.0 Å². The van der Waals surface area contributed by atoms with Crippen LogP contribution in [0.5, 0.6) is 0 Å². The molecule has 4 rings (SSSR count). The molecule has 27 heavy (non-hydrogen) atoms. The van der Waals surface area contributed by atoms with Crippen molar-refractivity contribution in [3.63, 3.8) is 0 Å². The van der Waals surface area contributed by atoms with E-state index in [4.69, 9.17) is 9.63 Å². The molecular formula is C21H21N3O3. The minimum absolute atomic E-state index is 0.226. The largest absolute Gasteiger partial charge is 0.396 e. The maximum absolute atomic E-state index is 9.74. The monoisotopic (exact) mass is 363 g/mol. The fourth-order valence-corrected chi connectivity index (χ4v) is 3.04. The lowest BCUT2D eigenvalue weighted by Gasteiger charge is -2.07. The van der Waals surface area contributed by atoms with Gasteiger partial charge in [-0.3, -0.25) is 0 Å². The summed E-state index contributed by atoms with van der Waals surface area (Å²) < 4.78 is 7.32. The average Bonchev–Trinajstić information content (AvgIpc) is 3.03. The van der Waals surface area contributed by atoms with E-state index in [1.165, 1.54) is 0 Å². The van der Waals surface area contributed by atoms with E-state index < -0.39 is 6.10 Å². The number of aliphatic hydroxyl groups excluding tert-OH is 2. The molecule has 6 nitrogen and oxygen atoms in total. The normalized spacial score (nSPS) is 19.4. The van der Waals surface area contributed by atoms with Crippen LogP contribution in [0.4, 0.5) is 0 Å². The average molecular weight is 363 g/mol. The Balaban J connectivity index is 1.44. The fourth-order valence-electron chi connectivity index (χ4n) is 3.04. The quantitative estimate of drug-likeness (QED) is 0.681. The van der Waals surface area contributed by atoms with Crippen molar-refractivity contribution in [1.29, 1.82) is 0 Å². The van der Waals surface area contributed by atoms with Crippen molar-refractivity contribution in [2.45, 2.75) is 26.0 Å². The Morgan fingerprint density at radius 2 is 2.15 bits per heavy atom. The van der Waals surface area contributed by atoms with E-state index in [1.807, 2.05) is 41.1 Å². The molecule has 6 heteroatoms. The predicted molar refractivity (Wildman–Crippen MR) is 99.5 cm³/mol. The number of benzene rings is 1. The van der Waals surface area contributed by atoms with Crippen molar-refractivity contribution >= 4 is 0 Å². The van der Waals surface area contributed by atoms with Crippen molar-refractivity contribution in [3.8, 4) is 23.2 Å². The summed E-state index contributed by atoms with van der Waals surface area (Å²) in [7, 11) is 0. The van der Waals surface area contributed by atoms with E-state index in [1.54, 1.807) is 13.1 Å². The van der Waals surface area contributed by atoms with Gasteiger partial charge in [0.15, 0.2) is 5.76 Å². The Morgan fingerprint density at radius 3 is 2.85 bits per heavy atom. The third-order valence-corrected chi connectivity index (χ3v) is 4.74. The smallest absolute Gasteiger partial charge is 0.167 e. The van der Waals surface area contributed by atoms with Crippen LogP contribution in [0.25, 0.3) is 11.3 Å². The summed E-state index contributed by atoms with van der Waals surface area (Å²) >= 11 is 0. The Labute approximate surface area is 157 Å². The molecule has 0 amide bonds. The van der Waals surface area contributed by atoms with Gasteiger partial charge in [0.05, 0.1) is 6.54 Å². The molecule has 1 saturated carbocycles. The molecule has 1 aliphatic rings. The zero-order chi connectivity index (χ0) is 18.8. The molecule has 3 atom stereocenters. The number of hydrogen-bond donors (Lipinski definition) is 2. The highest BCUT2D eigenvalue weighted by atomic mass is 16.5. The molecule has 0 bridgehead atoms. The highest BCUT2D eigenvalue weighted by molar-refractivity contribution is 5.59. The first-order valence-electron chi connectivity index (χ1n) is 9.01. The van der Waals surface area contributed by atoms with Gasteiger partial charge in [-0.1, -0.05) is 17.0 Å². The predicted octanol–water partition coefficient (Wildman–Crippen LogP) is 2.62. The summed E-state index contributed by atoms with van der Waals surface area (Å²) in [5, 5.41) is 22.9. The lowest BCUT2D eigenvalue weighted by molar-refractivity contribution is 0.184. The van der Waals surface area contributed by atoms with Crippen molar-refractivity contribution in [1.82, 2.24) is 14.7 Å². The van der Waals surface area contributed by atoms with Gasteiger partial charge in [-0.25, -0.2) is 4.98 Å². The van der Waals surface area contributed by atoms with Crippen LogP contribution in [0.2, 0.25) is 0 Å². The SMILES string of the molecule is CC(O)c1nccn1Cc1cc(-c2ccc(C#C[C@@H]3C[C@H]3CO)cc2)on1. The van der Waals surface area contributed by atoms with Gasteiger partial charge in [-0.05, 0) is 43.5 Å². The molecular weight excluding hydrogens is 342 g/mol. The summed E-state index contributed by atoms with van der Waals surface area (Å²) in [6, 6.07) is 9.74. The van der Waals surface area contributed by atoms with E-state index in [2.05, 4.69) is 22.0 Å². The molecule has 138 valence electrons. The van der Waals surface area contributed by atoms with Crippen LogP contribution >= 0.6 is 0 Å². The fraction of sp³-hybridized carbons (Fsp3) is 0.333. The second-order valence-corrected chi connectivity index (χ2v) is 6.90. The molecule has 3 aromatic rings. The van der Waals surface area contributed by atoms with Crippen LogP contribution < -0.4 is 0 Å². The minimum Gasteiger partial charge on any atom is -0.396 e. The van der Waals surface area contributed by atoms with Crippen LogP contribution in [0.1, 0.15) is 36.5 Å². The van der Waals surface area contributed by atoms with Crippen LogP contribution in [-0.4, -0.2) is 31.5 Å². The zero-order valence-electron chi connectivity index (χ0n) is 15.0. The molecule has 1 fully saturated rings. The summed E-state index contributed by atoms with van der Waals surface area (Å²) in [6.07, 6.45) is 3.83. The molecule has 1 aromatic carbocycles. The van der Waals surface area contributed by atoms with E-state index >= 15 is 0 Å². The maximum Gasteiger partial charge on any atom is 0.167 e. The third kappa shape index (κ3) is 3.95. The van der Waals surface area contributed by atoms with E-state index in [0.717, 1.165) is 23.2 Å². The van der Waals surface area contributed by atoms with Gasteiger partial charge in [0.2, 0.25) is 0 Å². The van der Waals surface area contributed by atoms with Crippen LogP contribution in [0, 0.1) is 23.7 Å². The number of rotatable bonds is 5. The first-order chi connectivity index (χ1) is 13.1. The molecule has 0 radical (unpaired) electrons. The van der Waals surface area contributed by atoms with Gasteiger partial charge < -0.3 is 19.3 Å². The van der Waals surface area contributed by atoms with Crippen molar-refractivity contribution in [3.05, 3.63) is 59.8 Å². The number of aliphatic hydroxyl groups is 2. The summed E-state index contributed by atoms with van der Waals surface area (Å²) in [5.41, 5.74) is 2.64. The number of imidazole rings is 1. The topological polar surface area (TPSA) is 84.3 Å². The van der Waals surface area contributed by atoms with Crippen molar-refractivity contribution in [2.75, 3.05) is 6.61 Å². The van der Waals surface area contributed by atoms with Gasteiger partial charge >= 0.3 is 0 Å². The standard InChI is InChI=1S/C21H21N3O3/c1-14(26)21-22-8-9-24(21)12-19-11-20(27-23-19)16-5-2-15(3-6-16)4-7-17-10-18(17)13-25/h2-3,5-6,8-9,11,14,17-18,25-26H,10,12-13H2,1H3/t14?,17-,18+/m1/s1. The van der Waals surface area contributed by atoms with E-state index in [-0.39, 0.29) is 6.61 Å². The van der Waals surface area contributed by atoms with Gasteiger partial charge in [0.1, 0.15) is 17.6 Å². The molecule has 0 saturated heterocycles. The van der Waals surface area contributed by atoms with Crippen LogP contribution in [0.3, 0.4) is 0 Å². The van der Waals surface area contributed by atoms with Crippen molar-refractivity contribution < 1.29 is 14.7 Å². The van der Waals surface area contributed by atoms with E-state index in [9.17, 15) is 5.11 Å². The zero-order valence-corrected chi connectivity index (χ0v) is 15.0. The van der Waals surface area contributed by atoms with Crippen molar-refractivity contribution in [2.24, 2.45) is 11.8 Å². The Bertz CT molecular complexity index is 976. The summed E-state index contributed by atoms with van der Waals surface area (Å²) in [5.74, 6) is 8.34. The first kappa shape index (κ1) is 17.5. The number of aromatic nitrogens is 3. The first-order valence-corrected chi connectivity index (χ1v) is 9.01. The molecule has 0 aliphatic heterocycles. The summed E-state index contributed by atoms with van der Waals surface area (Å²) in [6.45, 7) is 2.40. The molecule has 1 unspecified atom stereocenters. The maximum atomic E-state index is 9.74.